The summed E-state index contributed by atoms with van der Waals surface area (Å²) in [6, 6.07) is 4.63. The highest BCUT2D eigenvalue weighted by molar-refractivity contribution is 7.86. The zero-order valence-corrected chi connectivity index (χ0v) is 12.4. The molecule has 0 amide bonds. The van der Waals surface area contributed by atoms with Crippen molar-refractivity contribution in [2.75, 3.05) is 5.43 Å². The number of hydrazone groups is 1. The van der Waals surface area contributed by atoms with Gasteiger partial charge in [-0.2, -0.15) is 18.8 Å². The minimum Gasteiger partial charge on any atom is -0.382 e. The first-order valence-electron chi connectivity index (χ1n) is 6.54. The molecule has 0 aliphatic heterocycles. The van der Waals surface area contributed by atoms with E-state index in [4.69, 9.17) is 16.4 Å². The van der Waals surface area contributed by atoms with Gasteiger partial charge in [0.05, 0.1) is 5.69 Å². The van der Waals surface area contributed by atoms with E-state index in [2.05, 4.69) is 10.5 Å². The van der Waals surface area contributed by atoms with Gasteiger partial charge < -0.3 is 5.73 Å². The molecule has 2 rings (SSSR count). The quantitative estimate of drug-likeness (QED) is 0.281. The SMILES string of the molecule is N#C/C(=N\Nc1cc2c(cc1S(=O)(=O)O)CCCC2)C(=N)N. The first kappa shape index (κ1) is 15.9. The molecule has 0 bridgehead atoms. The van der Waals surface area contributed by atoms with Gasteiger partial charge in [0.1, 0.15) is 11.0 Å². The number of benzene rings is 1. The molecule has 5 N–H and O–H groups in total. The molecule has 0 spiro atoms. The van der Waals surface area contributed by atoms with E-state index in [1.165, 1.54) is 6.07 Å². The van der Waals surface area contributed by atoms with E-state index in [1.54, 1.807) is 12.1 Å². The van der Waals surface area contributed by atoms with E-state index in [1.807, 2.05) is 0 Å². The van der Waals surface area contributed by atoms with Crippen molar-refractivity contribution in [3.05, 3.63) is 23.3 Å². The van der Waals surface area contributed by atoms with Gasteiger partial charge >= 0.3 is 0 Å². The number of amidine groups is 1. The first-order valence-corrected chi connectivity index (χ1v) is 7.98. The standard InChI is InChI=1S/C13H15N5O3S/c14-7-11(13(15)16)18-17-10-5-8-3-1-2-4-9(8)6-12(10)22(19,20)21/h5-6,17H,1-4H2,(H3,15,16)(H,19,20,21)/b18-11+. The second-order valence-corrected chi connectivity index (χ2v) is 6.29. The summed E-state index contributed by atoms with van der Waals surface area (Å²) in [6.07, 6.45) is 3.51. The maximum absolute atomic E-state index is 11.5. The number of hydrogen-bond acceptors (Lipinski definition) is 6. The molecule has 0 saturated carbocycles. The summed E-state index contributed by atoms with van der Waals surface area (Å²) in [5, 5.41) is 19.6. The van der Waals surface area contributed by atoms with Crippen molar-refractivity contribution in [3.63, 3.8) is 0 Å². The van der Waals surface area contributed by atoms with Crippen LogP contribution in [0.1, 0.15) is 24.0 Å². The zero-order chi connectivity index (χ0) is 16.3. The van der Waals surface area contributed by atoms with E-state index >= 15 is 0 Å². The Morgan fingerprint density at radius 1 is 1.36 bits per heavy atom. The smallest absolute Gasteiger partial charge is 0.296 e. The maximum Gasteiger partial charge on any atom is 0.296 e. The van der Waals surface area contributed by atoms with Crippen LogP contribution in [0.4, 0.5) is 5.69 Å². The number of aryl methyl sites for hydroxylation is 2. The summed E-state index contributed by atoms with van der Waals surface area (Å²) >= 11 is 0. The minimum atomic E-state index is -4.44. The van der Waals surface area contributed by atoms with Gasteiger partial charge in [0.25, 0.3) is 10.1 Å². The van der Waals surface area contributed by atoms with Crippen molar-refractivity contribution >= 4 is 27.4 Å². The Morgan fingerprint density at radius 3 is 2.45 bits per heavy atom. The van der Waals surface area contributed by atoms with E-state index < -0.39 is 16.0 Å². The molecule has 116 valence electrons. The van der Waals surface area contributed by atoms with Crippen LogP contribution in [-0.2, 0) is 23.0 Å². The van der Waals surface area contributed by atoms with Crippen molar-refractivity contribution in [2.24, 2.45) is 10.8 Å². The summed E-state index contributed by atoms with van der Waals surface area (Å²) < 4.78 is 32.4. The lowest BCUT2D eigenvalue weighted by atomic mass is 9.91. The Kier molecular flexibility index (Phi) is 4.44. The molecule has 0 unspecified atom stereocenters. The molecule has 0 atom stereocenters. The molecule has 0 aromatic heterocycles. The van der Waals surface area contributed by atoms with Gasteiger partial charge in [-0.25, -0.2) is 0 Å². The topological polar surface area (TPSA) is 152 Å². The molecule has 0 radical (unpaired) electrons. The minimum absolute atomic E-state index is 0.0529. The van der Waals surface area contributed by atoms with Crippen LogP contribution in [0, 0.1) is 16.7 Å². The Balaban J connectivity index is 2.50. The average molecular weight is 321 g/mol. The molecule has 1 aliphatic carbocycles. The van der Waals surface area contributed by atoms with Crippen LogP contribution in [0.2, 0.25) is 0 Å². The van der Waals surface area contributed by atoms with Crippen LogP contribution in [0.15, 0.2) is 22.1 Å². The average Bonchev–Trinajstić information content (AvgIpc) is 2.45. The van der Waals surface area contributed by atoms with Gasteiger partial charge in [0, 0.05) is 0 Å². The van der Waals surface area contributed by atoms with Gasteiger partial charge in [-0.3, -0.25) is 15.4 Å². The predicted octanol–water partition coefficient (Wildman–Crippen LogP) is 1.04. The lowest BCUT2D eigenvalue weighted by Crippen LogP contribution is -2.22. The molecule has 0 heterocycles. The summed E-state index contributed by atoms with van der Waals surface area (Å²) in [6.45, 7) is 0. The summed E-state index contributed by atoms with van der Waals surface area (Å²) in [5.41, 5.74) is 9.10. The summed E-state index contributed by atoms with van der Waals surface area (Å²) in [5.74, 6) is -0.540. The molecule has 1 aliphatic rings. The second kappa shape index (κ2) is 6.13. The number of nitriles is 1. The Hall–Kier alpha value is -2.44. The highest BCUT2D eigenvalue weighted by Gasteiger charge is 2.20. The van der Waals surface area contributed by atoms with Crippen LogP contribution < -0.4 is 11.2 Å². The second-order valence-electron chi connectivity index (χ2n) is 4.90. The predicted molar refractivity (Wildman–Crippen MR) is 81.5 cm³/mol. The molecule has 0 saturated heterocycles. The van der Waals surface area contributed by atoms with Crippen molar-refractivity contribution in [1.82, 2.24) is 0 Å². The van der Waals surface area contributed by atoms with Gasteiger partial charge in [0.2, 0.25) is 5.71 Å². The van der Waals surface area contributed by atoms with Crippen molar-refractivity contribution in [2.45, 2.75) is 30.6 Å². The van der Waals surface area contributed by atoms with E-state index in [9.17, 15) is 13.0 Å². The largest absolute Gasteiger partial charge is 0.382 e. The molecular formula is C13H15N5O3S. The third-order valence-corrected chi connectivity index (χ3v) is 4.26. The molecule has 22 heavy (non-hydrogen) atoms. The number of nitrogens with one attached hydrogen (secondary N) is 2. The fraction of sp³-hybridized carbons (Fsp3) is 0.308. The molecule has 0 fully saturated rings. The Bertz CT molecular complexity index is 793. The number of hydrogen-bond donors (Lipinski definition) is 4. The van der Waals surface area contributed by atoms with Crippen molar-refractivity contribution in [1.29, 1.82) is 10.7 Å². The van der Waals surface area contributed by atoms with Crippen LogP contribution in [0.5, 0.6) is 0 Å². The summed E-state index contributed by atoms with van der Waals surface area (Å²) in [7, 11) is -4.44. The fourth-order valence-electron chi connectivity index (χ4n) is 2.33. The zero-order valence-electron chi connectivity index (χ0n) is 11.6. The molecule has 1 aromatic rings. The van der Waals surface area contributed by atoms with E-state index in [0.29, 0.717) is 0 Å². The lowest BCUT2D eigenvalue weighted by Gasteiger charge is -2.18. The fourth-order valence-corrected chi connectivity index (χ4v) is 3.00. The highest BCUT2D eigenvalue weighted by atomic mass is 32.2. The van der Waals surface area contributed by atoms with Gasteiger partial charge in [-0.1, -0.05) is 0 Å². The van der Waals surface area contributed by atoms with Crippen LogP contribution in [0.25, 0.3) is 0 Å². The molecule has 9 heteroatoms. The number of rotatable bonds is 4. The van der Waals surface area contributed by atoms with E-state index in [0.717, 1.165) is 36.8 Å². The monoisotopic (exact) mass is 321 g/mol. The first-order chi connectivity index (χ1) is 10.3. The Labute approximate surface area is 127 Å². The van der Waals surface area contributed by atoms with Crippen LogP contribution in [-0.4, -0.2) is 24.5 Å². The lowest BCUT2D eigenvalue weighted by molar-refractivity contribution is 0.483. The maximum atomic E-state index is 11.5. The van der Waals surface area contributed by atoms with Crippen molar-refractivity contribution in [3.8, 4) is 6.07 Å². The van der Waals surface area contributed by atoms with Gasteiger partial charge in [-0.15, -0.1) is 0 Å². The van der Waals surface area contributed by atoms with Crippen molar-refractivity contribution < 1.29 is 13.0 Å². The number of anilines is 1. The van der Waals surface area contributed by atoms with Crippen LogP contribution in [0.3, 0.4) is 0 Å². The third kappa shape index (κ3) is 3.41. The van der Waals surface area contributed by atoms with Gasteiger partial charge in [0.15, 0.2) is 5.84 Å². The number of fused-ring (bicyclic) bond motifs is 1. The Morgan fingerprint density at radius 2 is 1.95 bits per heavy atom. The number of nitrogens with two attached hydrogens (primary N) is 1. The molecule has 8 nitrogen and oxygen atoms in total. The normalized spacial score (nSPS) is 14.8. The van der Waals surface area contributed by atoms with Gasteiger partial charge in [-0.05, 0) is 48.9 Å². The number of nitrogens with zero attached hydrogens (tertiary/aromatic N) is 2. The molecule has 1 aromatic carbocycles. The highest BCUT2D eigenvalue weighted by Crippen LogP contribution is 2.30. The third-order valence-electron chi connectivity index (χ3n) is 3.37. The molecular weight excluding hydrogens is 306 g/mol. The summed E-state index contributed by atoms with van der Waals surface area (Å²) in [4.78, 5) is -0.308. The van der Waals surface area contributed by atoms with Crippen LogP contribution >= 0.6 is 0 Å². The van der Waals surface area contributed by atoms with E-state index in [-0.39, 0.29) is 16.3 Å².